The average molecular weight is 222 g/mol. The molecule has 1 N–H and O–H groups in total. The molecular weight excluding hydrogens is 212 g/mol. The Labute approximate surface area is 86.7 Å². The van der Waals surface area contributed by atoms with Crippen molar-refractivity contribution < 1.29 is 13.5 Å². The Hall–Kier alpha value is -0.870. The fourth-order valence-electron chi connectivity index (χ4n) is 1.13. The SMILES string of the molecule is Cl.Fc1cc(F)cc(OC2CNC2)c1. The van der Waals surface area contributed by atoms with Crippen LogP contribution in [0.25, 0.3) is 0 Å². The molecule has 0 spiro atoms. The maximum absolute atomic E-state index is 12.7. The Morgan fingerprint density at radius 3 is 2.14 bits per heavy atom. The summed E-state index contributed by atoms with van der Waals surface area (Å²) in [6, 6.07) is 3.19. The largest absolute Gasteiger partial charge is 0.488 e. The molecule has 0 aliphatic carbocycles. The highest BCUT2D eigenvalue weighted by Crippen LogP contribution is 2.17. The first-order valence-corrected chi connectivity index (χ1v) is 4.07. The Morgan fingerprint density at radius 2 is 1.71 bits per heavy atom. The van der Waals surface area contributed by atoms with Gasteiger partial charge in [0.25, 0.3) is 0 Å². The summed E-state index contributed by atoms with van der Waals surface area (Å²) in [5.41, 5.74) is 0. The minimum atomic E-state index is -0.609. The molecule has 1 aromatic carbocycles. The zero-order valence-corrected chi connectivity index (χ0v) is 8.11. The standard InChI is InChI=1S/C9H9F2NO.ClH/c10-6-1-7(11)3-8(2-6)13-9-4-12-5-9;/h1-3,9,12H,4-5H2;1H. The van der Waals surface area contributed by atoms with Crippen LogP contribution >= 0.6 is 12.4 Å². The highest BCUT2D eigenvalue weighted by molar-refractivity contribution is 5.85. The second-order valence-electron chi connectivity index (χ2n) is 3.00. The first-order chi connectivity index (χ1) is 6.24. The molecule has 1 fully saturated rings. The van der Waals surface area contributed by atoms with Crippen LogP contribution in [0.3, 0.4) is 0 Å². The Balaban J connectivity index is 0.000000980. The lowest BCUT2D eigenvalue weighted by atomic mass is 10.2. The second kappa shape index (κ2) is 4.57. The zero-order valence-electron chi connectivity index (χ0n) is 7.30. The van der Waals surface area contributed by atoms with Gasteiger partial charge in [-0.3, -0.25) is 0 Å². The number of ether oxygens (including phenoxy) is 1. The summed E-state index contributed by atoms with van der Waals surface area (Å²) in [5, 5.41) is 3.00. The quantitative estimate of drug-likeness (QED) is 0.822. The Bertz CT molecular complexity index is 297. The van der Waals surface area contributed by atoms with Crippen molar-refractivity contribution in [3.63, 3.8) is 0 Å². The highest BCUT2D eigenvalue weighted by atomic mass is 35.5. The van der Waals surface area contributed by atoms with E-state index in [1.54, 1.807) is 0 Å². The highest BCUT2D eigenvalue weighted by Gasteiger charge is 2.18. The van der Waals surface area contributed by atoms with Crippen LogP contribution in [0.1, 0.15) is 0 Å². The predicted molar refractivity (Wildman–Crippen MR) is 50.9 cm³/mol. The number of nitrogens with one attached hydrogen (secondary N) is 1. The van der Waals surface area contributed by atoms with Gasteiger partial charge < -0.3 is 10.1 Å². The molecule has 0 aromatic heterocycles. The second-order valence-corrected chi connectivity index (χ2v) is 3.00. The zero-order chi connectivity index (χ0) is 9.26. The van der Waals surface area contributed by atoms with Crippen molar-refractivity contribution >= 4 is 12.4 Å². The van der Waals surface area contributed by atoms with E-state index in [0.29, 0.717) is 0 Å². The summed E-state index contributed by atoms with van der Waals surface area (Å²) < 4.78 is 30.6. The molecule has 0 amide bonds. The lowest BCUT2D eigenvalue weighted by Crippen LogP contribution is -2.50. The summed E-state index contributed by atoms with van der Waals surface area (Å²) in [6.45, 7) is 1.47. The normalized spacial score (nSPS) is 15.6. The van der Waals surface area contributed by atoms with E-state index in [-0.39, 0.29) is 24.3 Å². The van der Waals surface area contributed by atoms with E-state index in [9.17, 15) is 8.78 Å². The number of halogens is 3. The van der Waals surface area contributed by atoms with Crippen molar-refractivity contribution in [2.75, 3.05) is 13.1 Å². The molecule has 0 saturated carbocycles. The molecule has 14 heavy (non-hydrogen) atoms. The molecule has 0 unspecified atom stereocenters. The number of rotatable bonds is 2. The maximum atomic E-state index is 12.7. The number of hydrogen-bond donors (Lipinski definition) is 1. The lowest BCUT2D eigenvalue weighted by Gasteiger charge is -2.27. The van der Waals surface area contributed by atoms with Crippen molar-refractivity contribution in [3.8, 4) is 5.75 Å². The van der Waals surface area contributed by atoms with Crippen molar-refractivity contribution in [3.05, 3.63) is 29.8 Å². The topological polar surface area (TPSA) is 21.3 Å². The van der Waals surface area contributed by atoms with Gasteiger partial charge in [-0.15, -0.1) is 12.4 Å². The van der Waals surface area contributed by atoms with E-state index in [0.717, 1.165) is 19.2 Å². The molecule has 1 aromatic rings. The van der Waals surface area contributed by atoms with Crippen LogP contribution in [-0.4, -0.2) is 19.2 Å². The summed E-state index contributed by atoms with van der Waals surface area (Å²) in [5.74, 6) is -0.964. The molecule has 0 bridgehead atoms. The van der Waals surface area contributed by atoms with Crippen molar-refractivity contribution in [1.82, 2.24) is 5.32 Å². The van der Waals surface area contributed by atoms with Crippen molar-refractivity contribution in [2.24, 2.45) is 0 Å². The molecular formula is C9H10ClF2NO. The molecule has 2 rings (SSSR count). The maximum Gasteiger partial charge on any atom is 0.129 e. The van der Waals surface area contributed by atoms with Crippen LogP contribution < -0.4 is 10.1 Å². The van der Waals surface area contributed by atoms with Gasteiger partial charge in [-0.25, -0.2) is 8.78 Å². The number of hydrogen-bond acceptors (Lipinski definition) is 2. The van der Waals surface area contributed by atoms with Gasteiger partial charge in [0, 0.05) is 31.3 Å². The smallest absolute Gasteiger partial charge is 0.129 e. The summed E-state index contributed by atoms with van der Waals surface area (Å²) in [6.07, 6.45) is 0.0428. The van der Waals surface area contributed by atoms with Crippen LogP contribution in [0.15, 0.2) is 18.2 Å². The predicted octanol–water partition coefficient (Wildman–Crippen LogP) is 1.74. The van der Waals surface area contributed by atoms with Crippen LogP contribution in [0.4, 0.5) is 8.78 Å². The summed E-state index contributed by atoms with van der Waals surface area (Å²) in [7, 11) is 0. The van der Waals surface area contributed by atoms with Crippen LogP contribution in [0.2, 0.25) is 0 Å². The monoisotopic (exact) mass is 221 g/mol. The third-order valence-electron chi connectivity index (χ3n) is 1.88. The van der Waals surface area contributed by atoms with E-state index in [2.05, 4.69) is 5.32 Å². The minimum absolute atomic E-state index is 0. The van der Waals surface area contributed by atoms with E-state index in [1.165, 1.54) is 12.1 Å². The molecule has 1 heterocycles. The first-order valence-electron chi connectivity index (χ1n) is 4.07. The van der Waals surface area contributed by atoms with Gasteiger partial charge >= 0.3 is 0 Å². The Morgan fingerprint density at radius 1 is 1.14 bits per heavy atom. The fourth-order valence-corrected chi connectivity index (χ4v) is 1.13. The molecule has 5 heteroatoms. The molecule has 1 aliphatic heterocycles. The molecule has 0 radical (unpaired) electrons. The van der Waals surface area contributed by atoms with Gasteiger partial charge in [-0.2, -0.15) is 0 Å². The van der Waals surface area contributed by atoms with Crippen molar-refractivity contribution in [1.29, 1.82) is 0 Å². The van der Waals surface area contributed by atoms with Crippen LogP contribution in [-0.2, 0) is 0 Å². The fraction of sp³-hybridized carbons (Fsp3) is 0.333. The van der Waals surface area contributed by atoms with Gasteiger partial charge in [-0.05, 0) is 0 Å². The Kier molecular flexibility index (Phi) is 3.66. The van der Waals surface area contributed by atoms with E-state index in [4.69, 9.17) is 4.74 Å². The van der Waals surface area contributed by atoms with Gasteiger partial charge in [0.2, 0.25) is 0 Å². The molecule has 1 aliphatic rings. The van der Waals surface area contributed by atoms with Gasteiger partial charge in [0.15, 0.2) is 0 Å². The van der Waals surface area contributed by atoms with Gasteiger partial charge in [0.1, 0.15) is 23.5 Å². The average Bonchev–Trinajstić information content (AvgIpc) is 1.95. The molecule has 78 valence electrons. The lowest BCUT2D eigenvalue weighted by molar-refractivity contribution is 0.141. The van der Waals surface area contributed by atoms with Gasteiger partial charge in [0.05, 0.1) is 0 Å². The minimum Gasteiger partial charge on any atom is -0.488 e. The third kappa shape index (κ3) is 2.56. The summed E-state index contributed by atoms with van der Waals surface area (Å²) >= 11 is 0. The van der Waals surface area contributed by atoms with Crippen LogP contribution in [0.5, 0.6) is 5.75 Å². The van der Waals surface area contributed by atoms with E-state index in [1.807, 2.05) is 0 Å². The summed E-state index contributed by atoms with van der Waals surface area (Å²) in [4.78, 5) is 0. The third-order valence-corrected chi connectivity index (χ3v) is 1.88. The molecule has 1 saturated heterocycles. The van der Waals surface area contributed by atoms with Crippen LogP contribution in [0, 0.1) is 11.6 Å². The van der Waals surface area contributed by atoms with Gasteiger partial charge in [-0.1, -0.05) is 0 Å². The first kappa shape index (κ1) is 11.2. The van der Waals surface area contributed by atoms with E-state index >= 15 is 0 Å². The van der Waals surface area contributed by atoms with E-state index < -0.39 is 11.6 Å². The van der Waals surface area contributed by atoms with Crippen molar-refractivity contribution in [2.45, 2.75) is 6.10 Å². The molecule has 0 atom stereocenters. The molecule has 2 nitrogen and oxygen atoms in total. The number of benzene rings is 1.